The molecular weight excluding hydrogens is 374 g/mol. The highest BCUT2D eigenvalue weighted by molar-refractivity contribution is 7.89. The zero-order chi connectivity index (χ0) is 19.6. The fraction of sp³-hybridized carbons (Fsp3) is 0.500. The summed E-state index contributed by atoms with van der Waals surface area (Å²) in [7, 11) is -3.44. The third-order valence-corrected chi connectivity index (χ3v) is 7.32. The van der Waals surface area contributed by atoms with Crippen molar-refractivity contribution in [1.29, 1.82) is 0 Å². The zero-order valence-corrected chi connectivity index (χ0v) is 17.1. The van der Waals surface area contributed by atoms with Gasteiger partial charge in [-0.3, -0.25) is 0 Å². The molecule has 0 atom stereocenters. The maximum Gasteiger partial charge on any atom is 0.243 e. The van der Waals surface area contributed by atoms with Gasteiger partial charge >= 0.3 is 0 Å². The largest absolute Gasteiger partial charge is 0.354 e. The molecule has 7 nitrogen and oxygen atoms in total. The van der Waals surface area contributed by atoms with Gasteiger partial charge in [-0.25, -0.2) is 13.4 Å². The van der Waals surface area contributed by atoms with Crippen LogP contribution < -0.4 is 9.80 Å². The highest BCUT2D eigenvalue weighted by atomic mass is 32.2. The summed E-state index contributed by atoms with van der Waals surface area (Å²) in [4.78, 5) is 14.2. The van der Waals surface area contributed by atoms with E-state index in [1.165, 1.54) is 19.3 Å². The van der Waals surface area contributed by atoms with Gasteiger partial charge in [0.25, 0.3) is 0 Å². The van der Waals surface area contributed by atoms with Gasteiger partial charge in [-0.2, -0.15) is 9.29 Å². The van der Waals surface area contributed by atoms with E-state index in [0.717, 1.165) is 30.5 Å². The average molecular weight is 402 g/mol. The van der Waals surface area contributed by atoms with Crippen LogP contribution >= 0.6 is 0 Å². The van der Waals surface area contributed by atoms with Crippen molar-refractivity contribution >= 4 is 21.8 Å². The third-order valence-electron chi connectivity index (χ3n) is 5.41. The molecule has 0 bridgehead atoms. The van der Waals surface area contributed by atoms with Gasteiger partial charge in [-0.15, -0.1) is 0 Å². The van der Waals surface area contributed by atoms with Crippen molar-refractivity contribution < 1.29 is 8.42 Å². The molecule has 2 fully saturated rings. The third kappa shape index (κ3) is 3.98. The molecule has 2 aliphatic heterocycles. The van der Waals surface area contributed by atoms with Crippen molar-refractivity contribution in [3.63, 3.8) is 0 Å². The number of rotatable bonds is 4. The second-order valence-corrected chi connectivity index (χ2v) is 9.36. The minimum Gasteiger partial charge on any atom is -0.354 e. The number of aromatic nitrogens is 2. The number of hydrogen-bond donors (Lipinski definition) is 0. The number of anilines is 2. The Balaban J connectivity index is 1.47. The van der Waals surface area contributed by atoms with Crippen LogP contribution in [-0.4, -0.2) is 62.0 Å². The summed E-state index contributed by atoms with van der Waals surface area (Å²) in [6.45, 7) is 6.18. The van der Waals surface area contributed by atoms with E-state index >= 15 is 0 Å². The molecule has 2 aliphatic rings. The van der Waals surface area contributed by atoms with Gasteiger partial charge in [0.2, 0.25) is 16.0 Å². The Bertz CT molecular complexity index is 905. The van der Waals surface area contributed by atoms with E-state index in [0.29, 0.717) is 31.1 Å². The molecule has 2 saturated heterocycles. The van der Waals surface area contributed by atoms with Crippen LogP contribution in [0.5, 0.6) is 0 Å². The summed E-state index contributed by atoms with van der Waals surface area (Å²) in [5.74, 6) is 1.69. The van der Waals surface area contributed by atoms with Crippen LogP contribution in [0.15, 0.2) is 41.3 Å². The van der Waals surface area contributed by atoms with Gasteiger partial charge in [0.15, 0.2) is 0 Å². The average Bonchev–Trinajstić information content (AvgIpc) is 2.75. The lowest BCUT2D eigenvalue weighted by atomic mass is 10.1. The highest BCUT2D eigenvalue weighted by Gasteiger charge is 2.29. The lowest BCUT2D eigenvalue weighted by molar-refractivity contribution is 0.383. The van der Waals surface area contributed by atoms with Gasteiger partial charge in [0.1, 0.15) is 5.82 Å². The lowest BCUT2D eigenvalue weighted by Crippen LogP contribution is -2.49. The van der Waals surface area contributed by atoms with Crippen molar-refractivity contribution in [3.05, 3.63) is 42.1 Å². The molecule has 1 aromatic heterocycles. The molecule has 4 rings (SSSR count). The fourth-order valence-corrected chi connectivity index (χ4v) is 5.28. The lowest BCUT2D eigenvalue weighted by Gasteiger charge is -2.35. The molecule has 1 aromatic carbocycles. The van der Waals surface area contributed by atoms with Gasteiger partial charge < -0.3 is 9.80 Å². The van der Waals surface area contributed by atoms with Crippen LogP contribution in [0.3, 0.4) is 0 Å². The molecule has 0 saturated carbocycles. The molecule has 3 heterocycles. The van der Waals surface area contributed by atoms with Gasteiger partial charge in [0.05, 0.1) is 4.90 Å². The first-order chi connectivity index (χ1) is 13.5. The molecule has 2 aromatic rings. The van der Waals surface area contributed by atoms with Gasteiger partial charge in [-0.05, 0) is 38.3 Å². The van der Waals surface area contributed by atoms with Crippen LogP contribution in [0, 0.1) is 6.92 Å². The van der Waals surface area contributed by atoms with E-state index in [9.17, 15) is 8.42 Å². The minimum atomic E-state index is -3.44. The fourth-order valence-electron chi connectivity index (χ4n) is 3.83. The van der Waals surface area contributed by atoms with Crippen molar-refractivity contribution in [2.75, 3.05) is 49.1 Å². The van der Waals surface area contributed by atoms with Crippen molar-refractivity contribution in [1.82, 2.24) is 14.3 Å². The standard InChI is InChI=1S/C20H27N5O2S/c1-17-16-19(22-20(21-17)24-10-6-3-7-11-24)23-12-14-25(15-13-23)28(26,27)18-8-4-2-5-9-18/h2,4-5,8-9,16H,3,6-7,10-15H2,1H3. The molecule has 28 heavy (non-hydrogen) atoms. The van der Waals surface area contributed by atoms with Crippen molar-refractivity contribution in [2.45, 2.75) is 31.1 Å². The van der Waals surface area contributed by atoms with Crippen molar-refractivity contribution in [3.8, 4) is 0 Å². The summed E-state index contributed by atoms with van der Waals surface area (Å²) in [6, 6.07) is 10.6. The summed E-state index contributed by atoms with van der Waals surface area (Å²) >= 11 is 0. The molecule has 0 spiro atoms. The van der Waals surface area contributed by atoms with E-state index in [-0.39, 0.29) is 0 Å². The SMILES string of the molecule is Cc1cc(N2CCN(S(=O)(=O)c3ccccc3)CC2)nc(N2CCCCC2)n1. The Hall–Kier alpha value is -2.19. The second-order valence-electron chi connectivity index (χ2n) is 7.42. The Kier molecular flexibility index (Phi) is 5.50. The van der Waals surface area contributed by atoms with E-state index < -0.39 is 10.0 Å². The summed E-state index contributed by atoms with van der Waals surface area (Å²) in [6.07, 6.45) is 3.64. The first-order valence-electron chi connectivity index (χ1n) is 9.95. The number of piperidine rings is 1. The van der Waals surface area contributed by atoms with E-state index in [1.54, 1.807) is 28.6 Å². The van der Waals surface area contributed by atoms with Crippen molar-refractivity contribution in [2.24, 2.45) is 0 Å². The van der Waals surface area contributed by atoms with Crippen LogP contribution in [0.1, 0.15) is 25.0 Å². The highest BCUT2D eigenvalue weighted by Crippen LogP contribution is 2.23. The first kappa shape index (κ1) is 19.1. The first-order valence-corrected chi connectivity index (χ1v) is 11.4. The topological polar surface area (TPSA) is 69.6 Å². The Morgan fingerprint density at radius 2 is 1.50 bits per heavy atom. The molecule has 8 heteroatoms. The molecule has 0 aliphatic carbocycles. The Morgan fingerprint density at radius 1 is 0.821 bits per heavy atom. The van der Waals surface area contributed by atoms with Crippen LogP contribution in [0.25, 0.3) is 0 Å². The number of hydrogen-bond acceptors (Lipinski definition) is 6. The maximum absolute atomic E-state index is 12.8. The second kappa shape index (κ2) is 8.05. The monoisotopic (exact) mass is 401 g/mol. The maximum atomic E-state index is 12.8. The Morgan fingerprint density at radius 3 is 2.18 bits per heavy atom. The summed E-state index contributed by atoms with van der Waals surface area (Å²) < 4.78 is 27.2. The van der Waals surface area contributed by atoms with E-state index in [4.69, 9.17) is 4.98 Å². The summed E-state index contributed by atoms with van der Waals surface area (Å²) in [5, 5.41) is 0. The van der Waals surface area contributed by atoms with Gasteiger partial charge in [0, 0.05) is 51.0 Å². The van der Waals surface area contributed by atoms with Crippen LogP contribution in [-0.2, 0) is 10.0 Å². The predicted octanol–water partition coefficient (Wildman–Crippen LogP) is 2.29. The molecule has 150 valence electrons. The zero-order valence-electron chi connectivity index (χ0n) is 16.3. The van der Waals surface area contributed by atoms with Gasteiger partial charge in [-0.1, -0.05) is 18.2 Å². The quantitative estimate of drug-likeness (QED) is 0.783. The van der Waals surface area contributed by atoms with Crippen LogP contribution in [0.2, 0.25) is 0 Å². The number of benzene rings is 1. The number of aryl methyl sites for hydroxylation is 1. The molecule has 0 amide bonds. The van der Waals surface area contributed by atoms with Crippen LogP contribution in [0.4, 0.5) is 11.8 Å². The van der Waals surface area contributed by atoms with E-state index in [1.807, 2.05) is 19.1 Å². The number of nitrogens with zero attached hydrogens (tertiary/aromatic N) is 5. The predicted molar refractivity (Wildman–Crippen MR) is 110 cm³/mol. The Labute approximate surface area is 167 Å². The molecule has 0 radical (unpaired) electrons. The molecule has 0 unspecified atom stereocenters. The number of piperazine rings is 1. The molecular formula is C20H27N5O2S. The molecule has 0 N–H and O–H groups in total. The van der Waals surface area contributed by atoms with E-state index in [2.05, 4.69) is 14.8 Å². The minimum absolute atomic E-state index is 0.355. The normalized spacial score (nSPS) is 19.0. The summed E-state index contributed by atoms with van der Waals surface area (Å²) in [5.41, 5.74) is 0.949. The smallest absolute Gasteiger partial charge is 0.243 e. The number of sulfonamides is 1.